The topological polar surface area (TPSA) is 84.9 Å². The van der Waals surface area contributed by atoms with E-state index >= 15 is 0 Å². The van der Waals surface area contributed by atoms with Gasteiger partial charge in [-0.05, 0) is 67.9 Å². The van der Waals surface area contributed by atoms with Crippen LogP contribution in [0.2, 0.25) is 0 Å². The fourth-order valence-corrected chi connectivity index (χ4v) is 5.33. The van der Waals surface area contributed by atoms with Gasteiger partial charge in [-0.15, -0.1) is 6.61 Å². The van der Waals surface area contributed by atoms with Crippen molar-refractivity contribution in [1.82, 2.24) is 0 Å². The number of esters is 2. The second kappa shape index (κ2) is 17.3. The van der Waals surface area contributed by atoms with Crippen LogP contribution in [0.5, 0.6) is 0 Å². The highest BCUT2D eigenvalue weighted by atomic mass is 16.6. The normalized spacial score (nSPS) is 18.7. The lowest BCUT2D eigenvalue weighted by Crippen LogP contribution is -2.35. The highest BCUT2D eigenvalue weighted by Gasteiger charge is 2.32. The Morgan fingerprint density at radius 3 is 2.10 bits per heavy atom. The van der Waals surface area contributed by atoms with E-state index in [1.165, 1.54) is 69.6 Å². The third-order valence-electron chi connectivity index (χ3n) is 8.30. The molecule has 0 saturated heterocycles. The minimum absolute atomic E-state index is 0.0327. The lowest BCUT2D eigenvalue weighted by molar-refractivity contribution is -0.355. The first kappa shape index (κ1) is 32.8. The van der Waals surface area contributed by atoms with Crippen molar-refractivity contribution in [3.05, 3.63) is 59.7 Å². The van der Waals surface area contributed by atoms with Gasteiger partial charge in [-0.2, -0.15) is 0 Å². The third kappa shape index (κ3) is 10.9. The minimum atomic E-state index is -0.712. The van der Waals surface area contributed by atoms with Crippen LogP contribution < -0.4 is 5.11 Å². The van der Waals surface area contributed by atoms with Gasteiger partial charge in [0, 0.05) is 18.1 Å². The van der Waals surface area contributed by atoms with Crippen molar-refractivity contribution in [3.8, 4) is 0 Å². The Morgan fingerprint density at radius 1 is 0.949 bits per heavy atom. The maximum atomic E-state index is 12.4. The van der Waals surface area contributed by atoms with Gasteiger partial charge in [-0.1, -0.05) is 77.0 Å². The molecule has 1 atom stereocenters. The molecule has 0 amide bonds. The van der Waals surface area contributed by atoms with Gasteiger partial charge in [0.25, 0.3) is 0 Å². The molecule has 0 N–H and O–H groups in total. The predicted octanol–water partition coefficient (Wildman–Crippen LogP) is 6.08. The van der Waals surface area contributed by atoms with Gasteiger partial charge in [0.1, 0.15) is 13.2 Å². The van der Waals surface area contributed by atoms with E-state index in [-0.39, 0.29) is 31.0 Å². The smallest absolute Gasteiger partial charge is 0.335 e. The Labute approximate surface area is 235 Å². The van der Waals surface area contributed by atoms with Crippen molar-refractivity contribution in [2.45, 2.75) is 90.4 Å². The molecule has 0 bridgehead atoms. The van der Waals surface area contributed by atoms with Crippen LogP contribution in [0.3, 0.4) is 0 Å². The number of hydrogen-bond acceptors (Lipinski definition) is 6. The molecule has 0 aromatic heterocycles. The van der Waals surface area contributed by atoms with E-state index in [2.05, 4.69) is 44.3 Å². The number of hydrogen-bond donors (Lipinski definition) is 0. The highest BCUT2D eigenvalue weighted by molar-refractivity contribution is 5.88. The molecule has 1 saturated carbocycles. The standard InChI is InChI=1S/C33H49O6/c1-6-8-9-10-27-11-15-29(16-12-27)30-17-13-28(14-18-30)19-20-33(7-2,23-38-31(35)25(3)21-34)24-39-32(36)26(4)22-37-5/h13-14,17-18,27,29H,3-4,6-12,15-16,19-24H2,1-2,5H3/q-1. The number of methoxy groups -OCH3 is 1. The van der Waals surface area contributed by atoms with E-state index < -0.39 is 24.0 Å². The van der Waals surface area contributed by atoms with E-state index in [4.69, 9.17) is 14.2 Å². The molecule has 1 aromatic carbocycles. The molecule has 39 heavy (non-hydrogen) atoms. The van der Waals surface area contributed by atoms with E-state index in [0.29, 0.717) is 18.8 Å². The quantitative estimate of drug-likeness (QED) is 0.127. The molecule has 0 spiro atoms. The van der Waals surface area contributed by atoms with Crippen LogP contribution in [0.15, 0.2) is 48.6 Å². The van der Waals surface area contributed by atoms with Gasteiger partial charge in [-0.3, -0.25) is 0 Å². The molecule has 218 valence electrons. The number of ether oxygens (including phenoxy) is 3. The van der Waals surface area contributed by atoms with Gasteiger partial charge in [0.15, 0.2) is 0 Å². The monoisotopic (exact) mass is 541 g/mol. The Kier molecular flexibility index (Phi) is 14.5. The lowest BCUT2D eigenvalue weighted by atomic mass is 9.76. The predicted molar refractivity (Wildman–Crippen MR) is 153 cm³/mol. The van der Waals surface area contributed by atoms with Crippen molar-refractivity contribution >= 4 is 11.9 Å². The van der Waals surface area contributed by atoms with Crippen molar-refractivity contribution in [1.29, 1.82) is 0 Å². The molecule has 0 radical (unpaired) electrons. The van der Waals surface area contributed by atoms with Crippen molar-refractivity contribution in [2.24, 2.45) is 11.3 Å². The van der Waals surface area contributed by atoms with Crippen LogP contribution in [0.25, 0.3) is 0 Å². The maximum absolute atomic E-state index is 12.4. The van der Waals surface area contributed by atoms with Crippen molar-refractivity contribution in [3.63, 3.8) is 0 Å². The van der Waals surface area contributed by atoms with Gasteiger partial charge in [0.2, 0.25) is 0 Å². The molecule has 1 fully saturated rings. The van der Waals surface area contributed by atoms with E-state index in [1.807, 2.05) is 6.92 Å². The molecule has 1 aliphatic carbocycles. The van der Waals surface area contributed by atoms with Gasteiger partial charge in [-0.25, -0.2) is 9.59 Å². The first-order chi connectivity index (χ1) is 18.8. The summed E-state index contributed by atoms with van der Waals surface area (Å²) in [6.07, 6.45) is 12.6. The molecule has 2 rings (SSSR count). The Balaban J connectivity index is 2.00. The Hall–Kier alpha value is -2.44. The summed E-state index contributed by atoms with van der Waals surface area (Å²) in [5.74, 6) is 0.302. The number of unbranched alkanes of at least 4 members (excludes halogenated alkanes) is 2. The summed E-state index contributed by atoms with van der Waals surface area (Å²) in [6.45, 7) is 10.9. The summed E-state index contributed by atoms with van der Waals surface area (Å²) in [5.41, 5.74) is 2.12. The average Bonchev–Trinajstić information content (AvgIpc) is 2.97. The Bertz CT molecular complexity index is 913. The average molecular weight is 542 g/mol. The highest BCUT2D eigenvalue weighted by Crippen LogP contribution is 2.38. The zero-order valence-electron chi connectivity index (χ0n) is 24.4. The SMILES string of the molecule is C=C(C[O-])C(=O)OCC(CC)(CCc1ccc(C2CCC(CCCCC)CC2)cc1)COC(=O)C(=C)COC. The zero-order valence-corrected chi connectivity index (χ0v) is 24.4. The Morgan fingerprint density at radius 2 is 1.56 bits per heavy atom. The molecular weight excluding hydrogens is 492 g/mol. The van der Waals surface area contributed by atoms with Crippen LogP contribution >= 0.6 is 0 Å². The molecule has 0 aliphatic heterocycles. The third-order valence-corrected chi connectivity index (χ3v) is 8.30. The van der Waals surface area contributed by atoms with Gasteiger partial charge in [0.05, 0.1) is 12.2 Å². The van der Waals surface area contributed by atoms with E-state index in [1.54, 1.807) is 0 Å². The lowest BCUT2D eigenvalue weighted by Gasteiger charge is -2.32. The van der Waals surface area contributed by atoms with Gasteiger partial charge >= 0.3 is 11.9 Å². The van der Waals surface area contributed by atoms with Crippen LogP contribution in [-0.2, 0) is 30.2 Å². The summed E-state index contributed by atoms with van der Waals surface area (Å²) >= 11 is 0. The number of carbonyl (C=O) groups excluding carboxylic acids is 2. The molecule has 6 heteroatoms. The zero-order chi connectivity index (χ0) is 28.7. The van der Waals surface area contributed by atoms with E-state index in [9.17, 15) is 14.7 Å². The van der Waals surface area contributed by atoms with Crippen molar-refractivity contribution < 1.29 is 28.9 Å². The summed E-state index contributed by atoms with van der Waals surface area (Å²) in [7, 11) is 1.49. The first-order valence-electron chi connectivity index (χ1n) is 14.6. The molecule has 1 unspecified atom stereocenters. The second-order valence-electron chi connectivity index (χ2n) is 11.2. The summed E-state index contributed by atoms with van der Waals surface area (Å²) < 4.78 is 16.0. The first-order valence-corrected chi connectivity index (χ1v) is 14.6. The number of carbonyl (C=O) groups is 2. The van der Waals surface area contributed by atoms with Crippen LogP contribution in [0.1, 0.15) is 95.1 Å². The fourth-order valence-electron chi connectivity index (χ4n) is 5.33. The minimum Gasteiger partial charge on any atom is -0.851 e. The molecule has 1 aromatic rings. The molecule has 0 heterocycles. The molecular formula is C33H49O6-. The summed E-state index contributed by atoms with van der Waals surface area (Å²) in [6, 6.07) is 8.91. The van der Waals surface area contributed by atoms with Gasteiger partial charge < -0.3 is 19.3 Å². The van der Waals surface area contributed by atoms with E-state index in [0.717, 1.165) is 12.3 Å². The van der Waals surface area contributed by atoms with Crippen LogP contribution in [-0.4, -0.2) is 45.5 Å². The number of aryl methyl sites for hydroxylation is 1. The maximum Gasteiger partial charge on any atom is 0.335 e. The summed E-state index contributed by atoms with van der Waals surface area (Å²) in [5, 5.41) is 11.0. The molecule has 6 nitrogen and oxygen atoms in total. The molecule has 1 aliphatic rings. The number of rotatable bonds is 18. The van der Waals surface area contributed by atoms with Crippen LogP contribution in [0.4, 0.5) is 0 Å². The van der Waals surface area contributed by atoms with Crippen molar-refractivity contribution in [2.75, 3.05) is 33.5 Å². The largest absolute Gasteiger partial charge is 0.851 e. The van der Waals surface area contributed by atoms with Crippen LogP contribution in [0, 0.1) is 11.3 Å². The summed E-state index contributed by atoms with van der Waals surface area (Å²) in [4.78, 5) is 24.5. The number of benzene rings is 1. The fraction of sp³-hybridized carbons (Fsp3) is 0.636. The second-order valence-corrected chi connectivity index (χ2v) is 11.2.